The van der Waals surface area contributed by atoms with Crippen LogP contribution in [0.4, 0.5) is 0 Å². The molecule has 28 heavy (non-hydrogen) atoms. The molecule has 1 unspecified atom stereocenters. The summed E-state index contributed by atoms with van der Waals surface area (Å²) in [5, 5.41) is 11.9. The van der Waals surface area contributed by atoms with E-state index in [1.165, 1.54) is 17.3 Å². The number of nitrogens with one attached hydrogen (secondary N) is 1. The van der Waals surface area contributed by atoms with Gasteiger partial charge in [-0.1, -0.05) is 41.6 Å². The molecule has 0 aliphatic carbocycles. The summed E-state index contributed by atoms with van der Waals surface area (Å²) >= 11 is 1.37. The lowest BCUT2D eigenvalue weighted by Crippen LogP contribution is -2.31. The minimum Gasteiger partial charge on any atom is -0.352 e. The summed E-state index contributed by atoms with van der Waals surface area (Å²) in [5.41, 5.74) is 3.98. The summed E-state index contributed by atoms with van der Waals surface area (Å²) in [6.45, 7) is 10.0. The monoisotopic (exact) mass is 393 g/mol. The molecule has 3 aromatic rings. The zero-order chi connectivity index (χ0) is 20.1. The van der Waals surface area contributed by atoms with Crippen molar-refractivity contribution >= 4 is 17.7 Å². The number of benzene rings is 1. The second-order valence-corrected chi connectivity index (χ2v) is 7.75. The Morgan fingerprint density at radius 2 is 2.11 bits per heavy atom. The molecule has 2 aromatic heterocycles. The Balaban J connectivity index is 2.04. The molecule has 1 N–H and O–H groups in total. The molecule has 144 valence electrons. The number of carbonyl (C=O) groups is 1. The Morgan fingerprint density at radius 1 is 1.29 bits per heavy atom. The maximum absolute atomic E-state index is 12.3. The van der Waals surface area contributed by atoms with Crippen molar-refractivity contribution in [2.75, 3.05) is 6.54 Å². The number of hydrogen-bond acceptors (Lipinski definition) is 5. The molecule has 7 heteroatoms. The van der Waals surface area contributed by atoms with Crippen LogP contribution in [0.5, 0.6) is 0 Å². The SMILES string of the molecule is C=CCNC(=O)C(C)Sc1nnc(-c2ccccn2)n1-c1ccc(C)cc1C. The molecule has 0 saturated heterocycles. The van der Waals surface area contributed by atoms with Crippen LogP contribution in [0, 0.1) is 13.8 Å². The number of amides is 1. The second kappa shape index (κ2) is 8.84. The van der Waals surface area contributed by atoms with E-state index in [4.69, 9.17) is 0 Å². The topological polar surface area (TPSA) is 72.7 Å². The van der Waals surface area contributed by atoms with Crippen LogP contribution in [0.3, 0.4) is 0 Å². The van der Waals surface area contributed by atoms with E-state index in [9.17, 15) is 4.79 Å². The molecule has 3 rings (SSSR count). The summed E-state index contributed by atoms with van der Waals surface area (Å²) in [7, 11) is 0. The Hall–Kier alpha value is -2.93. The third kappa shape index (κ3) is 4.31. The van der Waals surface area contributed by atoms with Crippen LogP contribution in [0.25, 0.3) is 17.2 Å². The van der Waals surface area contributed by atoms with E-state index in [-0.39, 0.29) is 11.2 Å². The first-order chi connectivity index (χ1) is 13.5. The van der Waals surface area contributed by atoms with E-state index in [2.05, 4.69) is 53.1 Å². The van der Waals surface area contributed by atoms with Crippen molar-refractivity contribution in [3.05, 3.63) is 66.4 Å². The van der Waals surface area contributed by atoms with Gasteiger partial charge in [0.25, 0.3) is 0 Å². The summed E-state index contributed by atoms with van der Waals surface area (Å²) < 4.78 is 1.97. The van der Waals surface area contributed by atoms with Gasteiger partial charge in [0, 0.05) is 12.7 Å². The quantitative estimate of drug-likeness (QED) is 0.489. The van der Waals surface area contributed by atoms with Gasteiger partial charge in [-0.05, 0) is 44.5 Å². The first kappa shape index (κ1) is 19.8. The van der Waals surface area contributed by atoms with E-state index in [1.54, 1.807) is 12.3 Å². The lowest BCUT2D eigenvalue weighted by atomic mass is 10.1. The highest BCUT2D eigenvalue weighted by Gasteiger charge is 2.22. The van der Waals surface area contributed by atoms with Crippen LogP contribution in [-0.2, 0) is 4.79 Å². The van der Waals surface area contributed by atoms with Gasteiger partial charge < -0.3 is 5.32 Å². The Labute approximate surface area is 169 Å². The van der Waals surface area contributed by atoms with Crippen LogP contribution in [0.2, 0.25) is 0 Å². The van der Waals surface area contributed by atoms with Crippen molar-refractivity contribution in [1.82, 2.24) is 25.1 Å². The van der Waals surface area contributed by atoms with Gasteiger partial charge in [0.15, 0.2) is 11.0 Å². The Bertz CT molecular complexity index is 984. The van der Waals surface area contributed by atoms with Gasteiger partial charge in [-0.25, -0.2) is 0 Å². The van der Waals surface area contributed by atoms with Crippen LogP contribution in [0.1, 0.15) is 18.1 Å². The van der Waals surface area contributed by atoms with Crippen molar-refractivity contribution in [1.29, 1.82) is 0 Å². The fourth-order valence-corrected chi connectivity index (χ4v) is 3.69. The normalized spacial score (nSPS) is 11.8. The number of thioether (sulfide) groups is 1. The van der Waals surface area contributed by atoms with E-state index in [0.29, 0.717) is 17.5 Å². The average Bonchev–Trinajstić information content (AvgIpc) is 3.10. The van der Waals surface area contributed by atoms with Crippen LogP contribution < -0.4 is 5.32 Å². The number of nitrogens with zero attached hydrogens (tertiary/aromatic N) is 4. The van der Waals surface area contributed by atoms with E-state index in [0.717, 1.165) is 16.9 Å². The van der Waals surface area contributed by atoms with Crippen LogP contribution in [0.15, 0.2) is 60.4 Å². The minimum atomic E-state index is -0.328. The lowest BCUT2D eigenvalue weighted by Gasteiger charge is -2.15. The Morgan fingerprint density at radius 3 is 2.79 bits per heavy atom. The number of hydrogen-bond donors (Lipinski definition) is 1. The number of pyridine rings is 1. The highest BCUT2D eigenvalue weighted by molar-refractivity contribution is 8.00. The first-order valence-corrected chi connectivity index (χ1v) is 9.89. The molecule has 0 aliphatic heterocycles. The van der Waals surface area contributed by atoms with Gasteiger partial charge in [0.05, 0.1) is 10.9 Å². The first-order valence-electron chi connectivity index (χ1n) is 9.01. The molecule has 0 aliphatic rings. The van der Waals surface area contributed by atoms with Crippen molar-refractivity contribution in [2.45, 2.75) is 31.2 Å². The molecule has 0 fully saturated rings. The number of aryl methyl sites for hydroxylation is 2. The third-order valence-corrected chi connectivity index (χ3v) is 5.24. The highest BCUT2D eigenvalue weighted by atomic mass is 32.2. The number of carbonyl (C=O) groups excluding carboxylic acids is 1. The number of rotatable bonds is 7. The summed E-state index contributed by atoms with van der Waals surface area (Å²) in [5.74, 6) is 0.577. The van der Waals surface area contributed by atoms with Crippen molar-refractivity contribution in [2.24, 2.45) is 0 Å². The molecule has 6 nitrogen and oxygen atoms in total. The zero-order valence-electron chi connectivity index (χ0n) is 16.2. The van der Waals surface area contributed by atoms with E-state index < -0.39 is 0 Å². The second-order valence-electron chi connectivity index (χ2n) is 6.44. The smallest absolute Gasteiger partial charge is 0.233 e. The maximum Gasteiger partial charge on any atom is 0.233 e. The molecule has 1 aromatic carbocycles. The molecule has 0 saturated carbocycles. The maximum atomic E-state index is 12.3. The molecular weight excluding hydrogens is 370 g/mol. The fraction of sp³-hybridized carbons (Fsp3) is 0.238. The van der Waals surface area contributed by atoms with Gasteiger partial charge in [-0.2, -0.15) is 0 Å². The zero-order valence-corrected chi connectivity index (χ0v) is 17.0. The van der Waals surface area contributed by atoms with Gasteiger partial charge in [-0.15, -0.1) is 16.8 Å². The fourth-order valence-electron chi connectivity index (χ4n) is 2.81. The molecule has 2 heterocycles. The van der Waals surface area contributed by atoms with E-state index >= 15 is 0 Å². The van der Waals surface area contributed by atoms with Gasteiger partial charge >= 0.3 is 0 Å². The van der Waals surface area contributed by atoms with Crippen LogP contribution in [-0.4, -0.2) is 37.5 Å². The molecule has 1 atom stereocenters. The third-order valence-electron chi connectivity index (χ3n) is 4.19. The molecule has 0 radical (unpaired) electrons. The van der Waals surface area contributed by atoms with Crippen molar-refractivity contribution in [3.8, 4) is 17.2 Å². The Kier molecular flexibility index (Phi) is 6.26. The predicted molar refractivity (Wildman–Crippen MR) is 113 cm³/mol. The number of aromatic nitrogens is 4. The minimum absolute atomic E-state index is 0.0699. The van der Waals surface area contributed by atoms with E-state index in [1.807, 2.05) is 35.8 Å². The van der Waals surface area contributed by atoms with Crippen LogP contribution >= 0.6 is 11.8 Å². The lowest BCUT2D eigenvalue weighted by molar-refractivity contribution is -0.120. The van der Waals surface area contributed by atoms with Gasteiger partial charge in [-0.3, -0.25) is 14.3 Å². The van der Waals surface area contributed by atoms with Crippen molar-refractivity contribution < 1.29 is 4.79 Å². The highest BCUT2D eigenvalue weighted by Crippen LogP contribution is 2.31. The van der Waals surface area contributed by atoms with Gasteiger partial charge in [0.1, 0.15) is 5.69 Å². The largest absolute Gasteiger partial charge is 0.352 e. The molecule has 0 bridgehead atoms. The standard InChI is InChI=1S/C21H23N5OS/c1-5-11-23-20(27)16(4)28-21-25-24-19(17-8-6-7-12-22-17)26(21)18-10-9-14(2)13-15(18)3/h5-10,12-13,16H,1,11H2,2-4H3,(H,23,27). The van der Waals surface area contributed by atoms with Gasteiger partial charge in [0.2, 0.25) is 5.91 Å². The summed E-state index contributed by atoms with van der Waals surface area (Å²) in [6, 6.07) is 11.9. The average molecular weight is 394 g/mol. The molecular formula is C21H23N5OS. The van der Waals surface area contributed by atoms with Crippen molar-refractivity contribution in [3.63, 3.8) is 0 Å². The molecule has 1 amide bonds. The summed E-state index contributed by atoms with van der Waals surface area (Å²) in [6.07, 6.45) is 3.39. The summed E-state index contributed by atoms with van der Waals surface area (Å²) in [4.78, 5) is 16.7. The molecule has 0 spiro atoms. The predicted octanol–water partition coefficient (Wildman–Crippen LogP) is 3.73.